The number of benzene rings is 1. The fraction of sp³-hybridized carbons (Fsp3) is 0.417. The number of Topliss-reactive ketones (excluding diaryl/α,β-unsaturated/α-hetero) is 1. The highest BCUT2D eigenvalue weighted by atomic mass is 16.5. The smallest absolute Gasteiger partial charge is 0.160 e. The molecule has 4 nitrogen and oxygen atoms in total. The summed E-state index contributed by atoms with van der Waals surface area (Å²) in [5, 5.41) is 12.4. The molecule has 0 radical (unpaired) electrons. The number of carbonyl (C=O) groups is 1. The summed E-state index contributed by atoms with van der Waals surface area (Å²) < 4.78 is 5.01. The van der Waals surface area contributed by atoms with Gasteiger partial charge in [-0.2, -0.15) is 0 Å². The van der Waals surface area contributed by atoms with Gasteiger partial charge in [0.05, 0.1) is 13.2 Å². The fourth-order valence-electron chi connectivity index (χ4n) is 1.53. The van der Waals surface area contributed by atoms with E-state index in [0.29, 0.717) is 12.2 Å². The fourth-order valence-corrected chi connectivity index (χ4v) is 1.53. The Morgan fingerprint density at radius 1 is 1.56 bits per heavy atom. The van der Waals surface area contributed by atoms with Gasteiger partial charge in [0.15, 0.2) is 11.5 Å². The van der Waals surface area contributed by atoms with Gasteiger partial charge in [0.1, 0.15) is 5.78 Å². The van der Waals surface area contributed by atoms with Gasteiger partial charge in [0.2, 0.25) is 0 Å². The van der Waals surface area contributed by atoms with Crippen molar-refractivity contribution < 1.29 is 14.6 Å². The third-order valence-corrected chi connectivity index (χ3v) is 2.52. The van der Waals surface area contributed by atoms with Gasteiger partial charge < -0.3 is 15.2 Å². The lowest BCUT2D eigenvalue weighted by atomic mass is 10.0. The van der Waals surface area contributed by atoms with Crippen LogP contribution in [-0.2, 0) is 11.2 Å². The molecular formula is C12H17NO3. The van der Waals surface area contributed by atoms with Gasteiger partial charge >= 0.3 is 0 Å². The first-order valence-electron chi connectivity index (χ1n) is 5.12. The Morgan fingerprint density at radius 3 is 2.75 bits per heavy atom. The van der Waals surface area contributed by atoms with Crippen molar-refractivity contribution >= 4 is 5.78 Å². The molecule has 0 bridgehead atoms. The quantitative estimate of drug-likeness (QED) is 0.785. The van der Waals surface area contributed by atoms with E-state index >= 15 is 0 Å². The van der Waals surface area contributed by atoms with Gasteiger partial charge in [0.25, 0.3) is 0 Å². The first kappa shape index (κ1) is 12.5. The molecule has 4 heteroatoms. The molecule has 0 aromatic heterocycles. The first-order valence-corrected chi connectivity index (χ1v) is 5.12. The third kappa shape index (κ3) is 2.97. The predicted molar refractivity (Wildman–Crippen MR) is 61.9 cm³/mol. The van der Waals surface area contributed by atoms with Crippen LogP contribution in [0.4, 0.5) is 0 Å². The SMILES string of the molecule is CN[C@@H](Cc1ccc(O)c(OC)c1)C(C)=O. The van der Waals surface area contributed by atoms with Crippen molar-refractivity contribution in [3.63, 3.8) is 0 Å². The van der Waals surface area contributed by atoms with Crippen LogP contribution < -0.4 is 10.1 Å². The number of phenols is 1. The predicted octanol–water partition coefficient (Wildman–Crippen LogP) is 1.12. The Labute approximate surface area is 95.2 Å². The second kappa shape index (κ2) is 5.51. The van der Waals surface area contributed by atoms with Gasteiger partial charge in [-0.15, -0.1) is 0 Å². The van der Waals surface area contributed by atoms with Crippen LogP contribution in [0.25, 0.3) is 0 Å². The molecule has 1 rings (SSSR count). The van der Waals surface area contributed by atoms with Crippen molar-refractivity contribution in [2.24, 2.45) is 0 Å². The maximum atomic E-state index is 11.3. The number of ketones is 1. The van der Waals surface area contributed by atoms with Crippen molar-refractivity contribution in [1.29, 1.82) is 0 Å². The van der Waals surface area contributed by atoms with Crippen LogP contribution >= 0.6 is 0 Å². The number of likely N-dealkylation sites (N-methyl/N-ethyl adjacent to an activating group) is 1. The summed E-state index contributed by atoms with van der Waals surface area (Å²) >= 11 is 0. The molecule has 0 aliphatic rings. The summed E-state index contributed by atoms with van der Waals surface area (Å²) in [7, 11) is 3.25. The maximum Gasteiger partial charge on any atom is 0.160 e. The molecule has 0 amide bonds. The molecule has 0 aliphatic carbocycles. The average molecular weight is 223 g/mol. The minimum absolute atomic E-state index is 0.0922. The summed E-state index contributed by atoms with van der Waals surface area (Å²) in [6.07, 6.45) is 0.586. The molecular weight excluding hydrogens is 206 g/mol. The molecule has 0 aliphatic heterocycles. The minimum atomic E-state index is -0.200. The van der Waals surface area contributed by atoms with Crippen molar-refractivity contribution in [2.45, 2.75) is 19.4 Å². The highest BCUT2D eigenvalue weighted by Crippen LogP contribution is 2.26. The normalized spacial score (nSPS) is 12.2. The molecule has 0 saturated carbocycles. The number of aromatic hydroxyl groups is 1. The summed E-state index contributed by atoms with van der Waals surface area (Å²) in [6.45, 7) is 1.55. The standard InChI is InChI=1S/C12H17NO3/c1-8(14)10(13-2)6-9-4-5-11(15)12(7-9)16-3/h4-5,7,10,13,15H,6H2,1-3H3/t10-/m0/s1. The Bertz CT molecular complexity index is 377. The first-order chi connectivity index (χ1) is 7.58. The van der Waals surface area contributed by atoms with E-state index in [4.69, 9.17) is 4.74 Å². The highest BCUT2D eigenvalue weighted by Gasteiger charge is 2.13. The number of hydrogen-bond donors (Lipinski definition) is 2. The van der Waals surface area contributed by atoms with E-state index in [9.17, 15) is 9.90 Å². The zero-order chi connectivity index (χ0) is 12.1. The van der Waals surface area contributed by atoms with Crippen molar-refractivity contribution in [1.82, 2.24) is 5.32 Å². The Morgan fingerprint density at radius 2 is 2.25 bits per heavy atom. The van der Waals surface area contributed by atoms with Gasteiger partial charge in [-0.05, 0) is 38.1 Å². The van der Waals surface area contributed by atoms with Gasteiger partial charge in [-0.3, -0.25) is 4.79 Å². The van der Waals surface area contributed by atoms with Crippen molar-refractivity contribution in [2.75, 3.05) is 14.2 Å². The summed E-state index contributed by atoms with van der Waals surface area (Å²) in [5.41, 5.74) is 0.948. The number of carbonyl (C=O) groups excluding carboxylic acids is 1. The van der Waals surface area contributed by atoms with Crippen LogP contribution in [0.3, 0.4) is 0 Å². The molecule has 1 aromatic carbocycles. The van der Waals surface area contributed by atoms with E-state index in [1.807, 2.05) is 0 Å². The zero-order valence-electron chi connectivity index (χ0n) is 9.78. The van der Waals surface area contributed by atoms with E-state index < -0.39 is 0 Å². The molecule has 88 valence electrons. The monoisotopic (exact) mass is 223 g/mol. The van der Waals surface area contributed by atoms with Gasteiger partial charge in [-0.1, -0.05) is 6.07 Å². The van der Waals surface area contributed by atoms with E-state index in [-0.39, 0.29) is 17.6 Å². The van der Waals surface area contributed by atoms with E-state index in [1.165, 1.54) is 7.11 Å². The second-order valence-electron chi connectivity index (χ2n) is 3.66. The number of rotatable bonds is 5. The van der Waals surface area contributed by atoms with Gasteiger partial charge in [-0.25, -0.2) is 0 Å². The molecule has 1 aromatic rings. The Balaban J connectivity index is 2.84. The average Bonchev–Trinajstić information content (AvgIpc) is 2.27. The lowest BCUT2D eigenvalue weighted by Crippen LogP contribution is -2.34. The Kier molecular flexibility index (Phi) is 4.31. The molecule has 0 saturated heterocycles. The summed E-state index contributed by atoms with van der Waals surface area (Å²) in [4.78, 5) is 11.3. The number of nitrogens with one attached hydrogen (secondary N) is 1. The zero-order valence-corrected chi connectivity index (χ0v) is 9.78. The van der Waals surface area contributed by atoms with E-state index in [0.717, 1.165) is 5.56 Å². The molecule has 2 N–H and O–H groups in total. The lowest BCUT2D eigenvalue weighted by Gasteiger charge is -2.13. The molecule has 1 atom stereocenters. The molecule has 0 heterocycles. The largest absolute Gasteiger partial charge is 0.504 e. The van der Waals surface area contributed by atoms with Gasteiger partial charge in [0, 0.05) is 0 Å². The lowest BCUT2D eigenvalue weighted by molar-refractivity contribution is -0.118. The van der Waals surface area contributed by atoms with Crippen LogP contribution in [0.2, 0.25) is 0 Å². The molecule has 0 fully saturated rings. The van der Waals surface area contributed by atoms with Crippen LogP contribution in [0.1, 0.15) is 12.5 Å². The van der Waals surface area contributed by atoms with Crippen LogP contribution in [-0.4, -0.2) is 31.1 Å². The van der Waals surface area contributed by atoms with Crippen LogP contribution in [0.15, 0.2) is 18.2 Å². The van der Waals surface area contributed by atoms with Crippen molar-refractivity contribution in [3.8, 4) is 11.5 Å². The maximum absolute atomic E-state index is 11.3. The number of methoxy groups -OCH3 is 1. The second-order valence-corrected chi connectivity index (χ2v) is 3.66. The molecule has 0 spiro atoms. The van der Waals surface area contributed by atoms with E-state index in [1.54, 1.807) is 32.2 Å². The number of phenolic OH excluding ortho intramolecular Hbond substituents is 1. The van der Waals surface area contributed by atoms with Crippen molar-refractivity contribution in [3.05, 3.63) is 23.8 Å². The summed E-state index contributed by atoms with van der Waals surface area (Å²) in [5.74, 6) is 0.625. The Hall–Kier alpha value is -1.55. The van der Waals surface area contributed by atoms with Crippen LogP contribution in [0.5, 0.6) is 11.5 Å². The third-order valence-electron chi connectivity index (χ3n) is 2.52. The molecule has 0 unspecified atom stereocenters. The summed E-state index contributed by atoms with van der Waals surface area (Å²) in [6, 6.07) is 4.89. The number of hydrogen-bond acceptors (Lipinski definition) is 4. The van der Waals surface area contributed by atoms with Crippen LogP contribution in [0, 0.1) is 0 Å². The highest BCUT2D eigenvalue weighted by molar-refractivity contribution is 5.81. The minimum Gasteiger partial charge on any atom is -0.504 e. The number of ether oxygens (including phenoxy) is 1. The molecule has 16 heavy (non-hydrogen) atoms. The van der Waals surface area contributed by atoms with E-state index in [2.05, 4.69) is 5.32 Å². The topological polar surface area (TPSA) is 58.6 Å².